The molecule has 0 aliphatic rings. The van der Waals surface area contributed by atoms with Gasteiger partial charge < -0.3 is 15.6 Å². The number of anilines is 1. The molecule has 0 saturated carbocycles. The number of carboxylic acid groups (broad SMARTS) is 1. The average Bonchev–Trinajstić information content (AvgIpc) is 2.32. The molecule has 0 unspecified atom stereocenters. The Morgan fingerprint density at radius 3 is 2.58 bits per heavy atom. The minimum Gasteiger partial charge on any atom is -0.478 e. The second-order valence-electron chi connectivity index (χ2n) is 4.09. The number of benzene rings is 2. The molecule has 2 rings (SSSR count). The first-order valence-electron chi connectivity index (χ1n) is 5.54. The quantitative estimate of drug-likeness (QED) is 0.839. The van der Waals surface area contributed by atoms with Crippen LogP contribution < -0.4 is 10.5 Å². The molecule has 2 aromatic carbocycles. The second-order valence-corrected chi connectivity index (χ2v) is 4.50. The van der Waals surface area contributed by atoms with Crippen molar-refractivity contribution in [3.8, 4) is 11.5 Å². The van der Waals surface area contributed by atoms with Gasteiger partial charge in [0.2, 0.25) is 0 Å². The zero-order valence-electron chi connectivity index (χ0n) is 10.2. The van der Waals surface area contributed by atoms with Gasteiger partial charge in [0.15, 0.2) is 0 Å². The SMILES string of the molecule is Cc1ccc(Oc2ccc(C(=O)O)c(N)c2)c(Cl)c1. The molecule has 5 heteroatoms. The summed E-state index contributed by atoms with van der Waals surface area (Å²) in [6.45, 7) is 1.93. The highest BCUT2D eigenvalue weighted by molar-refractivity contribution is 6.32. The largest absolute Gasteiger partial charge is 0.478 e. The fraction of sp³-hybridized carbons (Fsp3) is 0.0714. The molecule has 0 aromatic heterocycles. The molecule has 4 nitrogen and oxygen atoms in total. The minimum absolute atomic E-state index is 0.0438. The maximum absolute atomic E-state index is 10.8. The first-order chi connectivity index (χ1) is 8.97. The molecule has 0 radical (unpaired) electrons. The van der Waals surface area contributed by atoms with Crippen LogP contribution in [-0.2, 0) is 0 Å². The Balaban J connectivity index is 2.29. The number of hydrogen-bond donors (Lipinski definition) is 2. The Hall–Kier alpha value is -2.20. The maximum atomic E-state index is 10.8. The number of nitrogens with two attached hydrogens (primary N) is 1. The van der Waals surface area contributed by atoms with Crippen LogP contribution in [-0.4, -0.2) is 11.1 Å². The van der Waals surface area contributed by atoms with E-state index in [2.05, 4.69) is 0 Å². The summed E-state index contributed by atoms with van der Waals surface area (Å²) in [5.74, 6) is -0.139. The van der Waals surface area contributed by atoms with Gasteiger partial charge in [-0.2, -0.15) is 0 Å². The Labute approximate surface area is 115 Å². The van der Waals surface area contributed by atoms with Crippen LogP contribution in [0.25, 0.3) is 0 Å². The van der Waals surface area contributed by atoms with E-state index in [1.165, 1.54) is 18.2 Å². The molecule has 0 spiro atoms. The average molecular weight is 278 g/mol. The van der Waals surface area contributed by atoms with Crippen LogP contribution in [0.4, 0.5) is 5.69 Å². The molecule has 98 valence electrons. The van der Waals surface area contributed by atoms with Gasteiger partial charge >= 0.3 is 5.97 Å². The smallest absolute Gasteiger partial charge is 0.337 e. The molecule has 0 aliphatic heterocycles. The van der Waals surface area contributed by atoms with E-state index < -0.39 is 5.97 Å². The second kappa shape index (κ2) is 5.20. The van der Waals surface area contributed by atoms with E-state index in [9.17, 15) is 4.79 Å². The van der Waals surface area contributed by atoms with Gasteiger partial charge in [0, 0.05) is 11.8 Å². The summed E-state index contributed by atoms with van der Waals surface area (Å²) in [7, 11) is 0. The number of carbonyl (C=O) groups is 1. The number of carboxylic acids is 1. The summed E-state index contributed by atoms with van der Waals surface area (Å²) in [6, 6.07) is 9.80. The van der Waals surface area contributed by atoms with Gasteiger partial charge in [0.1, 0.15) is 11.5 Å². The van der Waals surface area contributed by atoms with E-state index in [0.29, 0.717) is 16.5 Å². The van der Waals surface area contributed by atoms with Crippen molar-refractivity contribution in [3.05, 3.63) is 52.5 Å². The third-order valence-electron chi connectivity index (χ3n) is 2.57. The van der Waals surface area contributed by atoms with Crippen LogP contribution in [0.1, 0.15) is 15.9 Å². The van der Waals surface area contributed by atoms with E-state index in [4.69, 9.17) is 27.2 Å². The van der Waals surface area contributed by atoms with E-state index >= 15 is 0 Å². The highest BCUT2D eigenvalue weighted by Crippen LogP contribution is 2.31. The molecule has 0 fully saturated rings. The molecule has 3 N–H and O–H groups in total. The van der Waals surface area contributed by atoms with Crippen LogP contribution in [0.3, 0.4) is 0 Å². The third-order valence-corrected chi connectivity index (χ3v) is 2.86. The lowest BCUT2D eigenvalue weighted by Crippen LogP contribution is -2.02. The number of nitrogen functional groups attached to an aromatic ring is 1. The number of aromatic carboxylic acids is 1. The van der Waals surface area contributed by atoms with E-state index in [-0.39, 0.29) is 11.3 Å². The predicted octanol–water partition coefficient (Wildman–Crippen LogP) is 3.72. The summed E-state index contributed by atoms with van der Waals surface area (Å²) < 4.78 is 5.57. The molecule has 2 aromatic rings. The number of ether oxygens (including phenoxy) is 1. The monoisotopic (exact) mass is 277 g/mol. The van der Waals surface area contributed by atoms with Gasteiger partial charge in [0.25, 0.3) is 0 Å². The van der Waals surface area contributed by atoms with E-state index in [1.807, 2.05) is 13.0 Å². The number of aryl methyl sites for hydroxylation is 1. The van der Waals surface area contributed by atoms with Crippen molar-refractivity contribution in [3.63, 3.8) is 0 Å². The van der Waals surface area contributed by atoms with Crippen molar-refractivity contribution in [1.29, 1.82) is 0 Å². The summed E-state index contributed by atoms with van der Waals surface area (Å²) in [5, 5.41) is 9.37. The molecular weight excluding hydrogens is 266 g/mol. The lowest BCUT2D eigenvalue weighted by Gasteiger charge is -2.09. The first-order valence-corrected chi connectivity index (χ1v) is 5.92. The molecule has 0 saturated heterocycles. The topological polar surface area (TPSA) is 72.5 Å². The molecule has 0 aliphatic carbocycles. The lowest BCUT2D eigenvalue weighted by molar-refractivity contribution is 0.0698. The van der Waals surface area contributed by atoms with Gasteiger partial charge in [-0.3, -0.25) is 0 Å². The zero-order chi connectivity index (χ0) is 14.0. The van der Waals surface area contributed by atoms with Crippen molar-refractivity contribution < 1.29 is 14.6 Å². The number of rotatable bonds is 3. The van der Waals surface area contributed by atoms with Gasteiger partial charge in [-0.1, -0.05) is 17.7 Å². The van der Waals surface area contributed by atoms with Crippen LogP contribution in [0.5, 0.6) is 11.5 Å². The highest BCUT2D eigenvalue weighted by atomic mass is 35.5. The zero-order valence-corrected chi connectivity index (χ0v) is 10.9. The molecule has 0 bridgehead atoms. The van der Waals surface area contributed by atoms with Gasteiger partial charge in [0.05, 0.1) is 10.6 Å². The van der Waals surface area contributed by atoms with Gasteiger partial charge in [-0.05, 0) is 36.8 Å². The highest BCUT2D eigenvalue weighted by Gasteiger charge is 2.10. The molecule has 0 amide bonds. The summed E-state index contributed by atoms with van der Waals surface area (Å²) in [6.07, 6.45) is 0. The summed E-state index contributed by atoms with van der Waals surface area (Å²) in [4.78, 5) is 10.8. The normalized spacial score (nSPS) is 10.2. The number of halogens is 1. The fourth-order valence-electron chi connectivity index (χ4n) is 1.61. The van der Waals surface area contributed by atoms with Crippen molar-refractivity contribution in [1.82, 2.24) is 0 Å². The minimum atomic E-state index is -1.07. The summed E-state index contributed by atoms with van der Waals surface area (Å²) >= 11 is 6.05. The Kier molecular flexibility index (Phi) is 3.62. The Morgan fingerprint density at radius 2 is 2.00 bits per heavy atom. The predicted molar refractivity (Wildman–Crippen MR) is 74.1 cm³/mol. The van der Waals surface area contributed by atoms with Crippen LogP contribution in [0.15, 0.2) is 36.4 Å². The van der Waals surface area contributed by atoms with Crippen molar-refractivity contribution >= 4 is 23.3 Å². The lowest BCUT2D eigenvalue weighted by atomic mass is 10.2. The summed E-state index contributed by atoms with van der Waals surface area (Å²) in [5.41, 5.74) is 6.86. The number of hydrogen-bond acceptors (Lipinski definition) is 3. The van der Waals surface area contributed by atoms with Crippen molar-refractivity contribution in [2.75, 3.05) is 5.73 Å². The molecule has 0 heterocycles. The van der Waals surface area contributed by atoms with Gasteiger partial charge in [-0.25, -0.2) is 4.79 Å². The van der Waals surface area contributed by atoms with Crippen LogP contribution in [0, 0.1) is 6.92 Å². The van der Waals surface area contributed by atoms with Crippen molar-refractivity contribution in [2.24, 2.45) is 0 Å². The van der Waals surface area contributed by atoms with Gasteiger partial charge in [-0.15, -0.1) is 0 Å². The van der Waals surface area contributed by atoms with Crippen LogP contribution >= 0.6 is 11.6 Å². The fourth-order valence-corrected chi connectivity index (χ4v) is 1.89. The third kappa shape index (κ3) is 2.98. The van der Waals surface area contributed by atoms with E-state index in [1.54, 1.807) is 12.1 Å². The molecular formula is C14H12ClNO3. The van der Waals surface area contributed by atoms with Crippen molar-refractivity contribution in [2.45, 2.75) is 6.92 Å². The Morgan fingerprint density at radius 1 is 1.26 bits per heavy atom. The standard InChI is InChI=1S/C14H12ClNO3/c1-8-2-5-13(11(15)6-8)19-9-3-4-10(14(17)18)12(16)7-9/h2-7H,16H2,1H3,(H,17,18). The maximum Gasteiger partial charge on any atom is 0.337 e. The first kappa shape index (κ1) is 13.2. The molecule has 19 heavy (non-hydrogen) atoms. The Bertz CT molecular complexity index is 641. The van der Waals surface area contributed by atoms with Crippen LogP contribution in [0.2, 0.25) is 5.02 Å². The van der Waals surface area contributed by atoms with E-state index in [0.717, 1.165) is 5.56 Å². The molecule has 0 atom stereocenters.